The third-order valence-electron chi connectivity index (χ3n) is 4.93. The van der Waals surface area contributed by atoms with Crippen LogP contribution in [0.2, 0.25) is 0 Å². The van der Waals surface area contributed by atoms with Gasteiger partial charge in [0.25, 0.3) is 0 Å². The molecule has 2 nitrogen and oxygen atoms in total. The highest BCUT2D eigenvalue weighted by atomic mass is 16.3. The van der Waals surface area contributed by atoms with Crippen molar-refractivity contribution in [1.29, 1.82) is 0 Å². The van der Waals surface area contributed by atoms with Crippen LogP contribution < -0.4 is 5.73 Å². The van der Waals surface area contributed by atoms with Gasteiger partial charge in [0, 0.05) is 12.0 Å². The van der Waals surface area contributed by atoms with E-state index in [0.29, 0.717) is 18.4 Å². The van der Waals surface area contributed by atoms with Crippen LogP contribution in [0.5, 0.6) is 0 Å². The Morgan fingerprint density at radius 1 is 0.947 bits per heavy atom. The summed E-state index contributed by atoms with van der Waals surface area (Å²) < 4.78 is 0. The van der Waals surface area contributed by atoms with E-state index in [9.17, 15) is 5.11 Å². The van der Waals surface area contributed by atoms with E-state index in [4.69, 9.17) is 5.73 Å². The third kappa shape index (κ3) is 4.19. The summed E-state index contributed by atoms with van der Waals surface area (Å²) in [5.41, 5.74) is 5.57. The minimum Gasteiger partial charge on any atom is -0.389 e. The first-order valence-electron chi connectivity index (χ1n) is 8.28. The van der Waals surface area contributed by atoms with Crippen LogP contribution in [-0.4, -0.2) is 17.3 Å². The molecule has 0 aromatic heterocycles. The van der Waals surface area contributed by atoms with Crippen LogP contribution in [0.1, 0.15) is 79.1 Å². The van der Waals surface area contributed by atoms with E-state index >= 15 is 0 Å². The van der Waals surface area contributed by atoms with Gasteiger partial charge in [-0.1, -0.05) is 53.4 Å². The van der Waals surface area contributed by atoms with Crippen molar-refractivity contribution in [2.45, 2.75) is 84.7 Å². The highest BCUT2D eigenvalue weighted by molar-refractivity contribution is 5.01. The molecule has 0 saturated heterocycles. The minimum absolute atomic E-state index is 0.0436. The van der Waals surface area contributed by atoms with Crippen LogP contribution >= 0.6 is 0 Å². The molecule has 0 heterocycles. The Morgan fingerprint density at radius 3 is 1.68 bits per heavy atom. The van der Waals surface area contributed by atoms with Crippen LogP contribution in [0.4, 0.5) is 0 Å². The van der Waals surface area contributed by atoms with Crippen molar-refractivity contribution in [2.24, 2.45) is 23.0 Å². The van der Waals surface area contributed by atoms with Crippen LogP contribution in [0.15, 0.2) is 0 Å². The van der Waals surface area contributed by atoms with Crippen LogP contribution in [0.25, 0.3) is 0 Å². The van der Waals surface area contributed by atoms with Crippen LogP contribution in [0.3, 0.4) is 0 Å². The van der Waals surface area contributed by atoms with E-state index in [1.54, 1.807) is 0 Å². The van der Waals surface area contributed by atoms with Gasteiger partial charge in [0.15, 0.2) is 0 Å². The van der Waals surface area contributed by atoms with E-state index in [1.165, 1.54) is 25.7 Å². The quantitative estimate of drug-likeness (QED) is 0.713. The Labute approximate surface area is 120 Å². The summed E-state index contributed by atoms with van der Waals surface area (Å²) in [5, 5.41) is 11.5. The number of rotatable bonds is 6. The summed E-state index contributed by atoms with van der Waals surface area (Å²) in [5.74, 6) is 1.05. The smallest absolute Gasteiger partial charge is 0.0720 e. The second-order valence-electron chi connectivity index (χ2n) is 7.63. The van der Waals surface area contributed by atoms with Crippen molar-refractivity contribution in [2.75, 3.05) is 6.54 Å². The van der Waals surface area contributed by atoms with Gasteiger partial charge in [0.1, 0.15) is 0 Å². The summed E-state index contributed by atoms with van der Waals surface area (Å²) in [7, 11) is 0. The molecule has 0 atom stereocenters. The molecule has 0 bridgehead atoms. The summed E-state index contributed by atoms with van der Waals surface area (Å²) in [6.45, 7) is 9.50. The van der Waals surface area contributed by atoms with Gasteiger partial charge in [-0.2, -0.15) is 0 Å². The minimum atomic E-state index is -0.575. The second-order valence-corrected chi connectivity index (χ2v) is 7.63. The van der Waals surface area contributed by atoms with Gasteiger partial charge < -0.3 is 10.8 Å². The van der Waals surface area contributed by atoms with E-state index in [-0.39, 0.29) is 5.41 Å². The molecule has 19 heavy (non-hydrogen) atoms. The average molecular weight is 269 g/mol. The second kappa shape index (κ2) is 7.08. The monoisotopic (exact) mass is 269 g/mol. The Balaban J connectivity index is 3.02. The summed E-state index contributed by atoms with van der Waals surface area (Å²) in [4.78, 5) is 0. The van der Waals surface area contributed by atoms with Gasteiger partial charge in [-0.3, -0.25) is 0 Å². The Bertz CT molecular complexity index is 242. The summed E-state index contributed by atoms with van der Waals surface area (Å²) in [6.07, 6.45) is 9.08. The van der Waals surface area contributed by atoms with Gasteiger partial charge >= 0.3 is 0 Å². The lowest BCUT2D eigenvalue weighted by Crippen LogP contribution is -2.54. The summed E-state index contributed by atoms with van der Waals surface area (Å²) >= 11 is 0. The zero-order chi connectivity index (χ0) is 14.5. The fraction of sp³-hybridized carbons (Fsp3) is 1.00. The number of hydrogen-bond acceptors (Lipinski definition) is 2. The lowest BCUT2D eigenvalue weighted by molar-refractivity contribution is -0.115. The topological polar surface area (TPSA) is 46.2 Å². The lowest BCUT2D eigenvalue weighted by Gasteiger charge is -2.49. The number of nitrogens with two attached hydrogens (primary N) is 1. The van der Waals surface area contributed by atoms with Crippen molar-refractivity contribution < 1.29 is 5.11 Å². The maximum absolute atomic E-state index is 11.5. The fourth-order valence-electron chi connectivity index (χ4n) is 4.13. The van der Waals surface area contributed by atoms with Crippen molar-refractivity contribution in [3.8, 4) is 0 Å². The lowest BCUT2D eigenvalue weighted by atomic mass is 9.61. The van der Waals surface area contributed by atoms with Gasteiger partial charge in [-0.25, -0.2) is 0 Å². The number of hydrogen-bond donors (Lipinski definition) is 2. The van der Waals surface area contributed by atoms with E-state index < -0.39 is 5.60 Å². The highest BCUT2D eigenvalue weighted by Crippen LogP contribution is 2.48. The largest absolute Gasteiger partial charge is 0.389 e. The van der Waals surface area contributed by atoms with E-state index in [0.717, 1.165) is 25.7 Å². The molecule has 1 fully saturated rings. The first-order chi connectivity index (χ1) is 8.85. The molecule has 0 spiro atoms. The Hall–Kier alpha value is -0.0800. The van der Waals surface area contributed by atoms with Crippen molar-refractivity contribution >= 4 is 0 Å². The molecule has 2 heteroatoms. The zero-order valence-corrected chi connectivity index (χ0v) is 13.5. The molecule has 1 rings (SSSR count). The summed E-state index contributed by atoms with van der Waals surface area (Å²) in [6, 6.07) is 0. The normalized spacial score (nSPS) is 20.8. The molecule has 1 aliphatic carbocycles. The molecule has 3 N–H and O–H groups in total. The molecule has 0 aromatic rings. The third-order valence-corrected chi connectivity index (χ3v) is 4.93. The number of aliphatic hydroxyl groups is 1. The predicted octanol–water partition coefficient (Wildman–Crippen LogP) is 4.11. The average Bonchev–Trinajstić information content (AvgIpc) is 2.52. The molecule has 1 saturated carbocycles. The van der Waals surface area contributed by atoms with Gasteiger partial charge in [-0.05, 0) is 37.5 Å². The van der Waals surface area contributed by atoms with Gasteiger partial charge in [0.05, 0.1) is 5.60 Å². The molecule has 114 valence electrons. The first-order valence-corrected chi connectivity index (χ1v) is 8.28. The first kappa shape index (κ1) is 17.0. The Morgan fingerprint density at radius 2 is 1.37 bits per heavy atom. The molecular weight excluding hydrogens is 234 g/mol. The molecule has 0 aromatic carbocycles. The SMILES string of the molecule is CC(C)CC(O)(CC(C)C)C1(CN)CCCCCC1. The molecule has 0 radical (unpaired) electrons. The van der Waals surface area contributed by atoms with Crippen molar-refractivity contribution in [3.63, 3.8) is 0 Å². The predicted molar refractivity (Wildman–Crippen MR) is 83.0 cm³/mol. The van der Waals surface area contributed by atoms with Gasteiger partial charge in [-0.15, -0.1) is 0 Å². The molecule has 1 aliphatic rings. The molecule has 0 unspecified atom stereocenters. The van der Waals surface area contributed by atoms with E-state index in [1.807, 2.05) is 0 Å². The molecular formula is C17H35NO. The van der Waals surface area contributed by atoms with E-state index in [2.05, 4.69) is 27.7 Å². The maximum Gasteiger partial charge on any atom is 0.0720 e. The molecule has 0 amide bonds. The maximum atomic E-state index is 11.5. The van der Waals surface area contributed by atoms with Crippen molar-refractivity contribution in [3.05, 3.63) is 0 Å². The zero-order valence-electron chi connectivity index (χ0n) is 13.5. The highest BCUT2D eigenvalue weighted by Gasteiger charge is 2.49. The van der Waals surface area contributed by atoms with Crippen molar-refractivity contribution in [1.82, 2.24) is 0 Å². The Kier molecular flexibility index (Phi) is 6.32. The molecule has 0 aliphatic heterocycles. The van der Waals surface area contributed by atoms with Crippen LogP contribution in [-0.2, 0) is 0 Å². The van der Waals surface area contributed by atoms with Gasteiger partial charge in [0.2, 0.25) is 0 Å². The fourth-order valence-corrected chi connectivity index (χ4v) is 4.13. The standard InChI is InChI=1S/C17H35NO/c1-14(2)11-17(19,12-15(3)4)16(13-18)9-7-5-6-8-10-16/h14-15,19H,5-13,18H2,1-4H3. The van der Waals surface area contributed by atoms with Crippen LogP contribution in [0, 0.1) is 17.3 Å².